The number of aliphatic hydroxyl groups excluding tert-OH is 2. The highest BCUT2D eigenvalue weighted by atomic mass is 16.7. The summed E-state index contributed by atoms with van der Waals surface area (Å²) in [6.45, 7) is 2.55. The van der Waals surface area contributed by atoms with Crippen molar-refractivity contribution in [2.45, 2.75) is 19.1 Å². The van der Waals surface area contributed by atoms with Crippen LogP contribution in [0.4, 0.5) is 0 Å². The summed E-state index contributed by atoms with van der Waals surface area (Å²) in [5.41, 5.74) is 0. The minimum atomic E-state index is -0.240. The predicted octanol–water partition coefficient (Wildman–Crippen LogP) is 0.576. The molecule has 2 N–H and O–H groups in total. The number of allylic oxidation sites excluding steroid dienone is 2. The summed E-state index contributed by atoms with van der Waals surface area (Å²) in [4.78, 5) is 0. The van der Waals surface area contributed by atoms with Gasteiger partial charge in [-0.15, -0.1) is 0 Å². The molecule has 1 fully saturated rings. The number of hydrogen-bond donors (Lipinski definition) is 2. The number of aliphatic hydroxyl groups is 2. The van der Waals surface area contributed by atoms with Crippen LogP contribution in [0.3, 0.4) is 0 Å². The Morgan fingerprint density at radius 1 is 0.818 bits per heavy atom. The van der Waals surface area contributed by atoms with Gasteiger partial charge in [0, 0.05) is 5.92 Å². The van der Waals surface area contributed by atoms with E-state index in [-0.39, 0.29) is 19.5 Å². The Morgan fingerprint density at radius 3 is 1.91 bits per heavy atom. The quantitative estimate of drug-likeness (QED) is 0.294. The van der Waals surface area contributed by atoms with Crippen LogP contribution < -0.4 is 0 Å². The van der Waals surface area contributed by atoms with E-state index in [0.29, 0.717) is 57.4 Å². The first-order chi connectivity index (χ1) is 10.8. The van der Waals surface area contributed by atoms with Crippen molar-refractivity contribution < 1.29 is 29.2 Å². The van der Waals surface area contributed by atoms with E-state index in [1.165, 1.54) is 6.42 Å². The monoisotopic (exact) mass is 316 g/mol. The summed E-state index contributed by atoms with van der Waals surface area (Å²) in [5, 5.41) is 17.4. The number of rotatable bonds is 13. The Balaban J connectivity index is 1.70. The third-order valence-electron chi connectivity index (χ3n) is 4.17. The van der Waals surface area contributed by atoms with Gasteiger partial charge < -0.3 is 29.2 Å². The van der Waals surface area contributed by atoms with Crippen molar-refractivity contribution in [1.82, 2.24) is 0 Å². The van der Waals surface area contributed by atoms with Gasteiger partial charge in [0.25, 0.3) is 0 Å². The minimum absolute atomic E-state index is 0.0271. The molecule has 2 aliphatic rings. The Hall–Kier alpha value is -0.500. The smallest absolute Gasteiger partial charge is 0.161 e. The van der Waals surface area contributed by atoms with Crippen LogP contribution in [0.1, 0.15) is 12.8 Å². The summed E-state index contributed by atoms with van der Waals surface area (Å²) in [6, 6.07) is 0. The molecule has 2 rings (SSSR count). The third-order valence-corrected chi connectivity index (χ3v) is 4.17. The molecule has 0 radical (unpaired) electrons. The predicted molar refractivity (Wildman–Crippen MR) is 80.3 cm³/mol. The maximum atomic E-state index is 8.68. The standard InChI is InChI=1S/C16H28O6/c17-3-5-19-7-9-21-16(22-10-8-20-6-4-18)15-12-13-1-2-14(15)11-13/h1-2,13-18H,3-12H2. The van der Waals surface area contributed by atoms with E-state index in [9.17, 15) is 0 Å². The molecule has 0 amide bonds. The molecule has 6 heteroatoms. The van der Waals surface area contributed by atoms with Gasteiger partial charge in [-0.05, 0) is 24.7 Å². The lowest BCUT2D eigenvalue weighted by atomic mass is 9.93. The summed E-state index contributed by atoms with van der Waals surface area (Å²) in [7, 11) is 0. The molecule has 2 aliphatic carbocycles. The van der Waals surface area contributed by atoms with Crippen molar-refractivity contribution in [1.29, 1.82) is 0 Å². The second kappa shape index (κ2) is 10.3. The maximum absolute atomic E-state index is 8.68. The lowest BCUT2D eigenvalue weighted by Gasteiger charge is -2.28. The van der Waals surface area contributed by atoms with Gasteiger partial charge in [-0.1, -0.05) is 12.2 Å². The van der Waals surface area contributed by atoms with E-state index in [1.54, 1.807) is 0 Å². The molecule has 2 bridgehead atoms. The lowest BCUT2D eigenvalue weighted by molar-refractivity contribution is -0.189. The van der Waals surface area contributed by atoms with E-state index in [2.05, 4.69) is 12.2 Å². The zero-order valence-electron chi connectivity index (χ0n) is 13.1. The highest BCUT2D eigenvalue weighted by Crippen LogP contribution is 2.45. The van der Waals surface area contributed by atoms with E-state index < -0.39 is 0 Å². The summed E-state index contributed by atoms with van der Waals surface area (Å²) in [5.74, 6) is 1.61. The van der Waals surface area contributed by atoms with Crippen molar-refractivity contribution in [2.75, 3.05) is 52.9 Å². The molecular weight excluding hydrogens is 288 g/mol. The van der Waals surface area contributed by atoms with Gasteiger partial charge in [-0.3, -0.25) is 0 Å². The van der Waals surface area contributed by atoms with Crippen molar-refractivity contribution in [2.24, 2.45) is 17.8 Å². The Morgan fingerprint density at radius 2 is 1.45 bits per heavy atom. The van der Waals surface area contributed by atoms with Gasteiger partial charge in [0.05, 0.1) is 52.9 Å². The van der Waals surface area contributed by atoms with Crippen LogP contribution in [0.2, 0.25) is 0 Å². The molecule has 0 heterocycles. The lowest BCUT2D eigenvalue weighted by Crippen LogP contribution is -2.32. The van der Waals surface area contributed by atoms with Crippen molar-refractivity contribution in [3.8, 4) is 0 Å². The first kappa shape index (κ1) is 17.8. The van der Waals surface area contributed by atoms with E-state index in [4.69, 9.17) is 29.2 Å². The molecule has 0 aromatic rings. The highest BCUT2D eigenvalue weighted by molar-refractivity contribution is 5.10. The van der Waals surface area contributed by atoms with Gasteiger partial charge in [0.1, 0.15) is 0 Å². The SMILES string of the molecule is OCCOCCOC(OCCOCCO)C1CC2C=CC1C2. The molecule has 3 unspecified atom stereocenters. The fourth-order valence-electron chi connectivity index (χ4n) is 3.21. The number of hydrogen-bond acceptors (Lipinski definition) is 6. The molecule has 0 aromatic heterocycles. The van der Waals surface area contributed by atoms with E-state index in [1.807, 2.05) is 0 Å². The molecule has 1 saturated carbocycles. The molecule has 0 aromatic carbocycles. The van der Waals surface area contributed by atoms with Gasteiger partial charge in [0.15, 0.2) is 6.29 Å². The van der Waals surface area contributed by atoms with E-state index >= 15 is 0 Å². The molecule has 6 nitrogen and oxygen atoms in total. The fraction of sp³-hybridized carbons (Fsp3) is 0.875. The Kier molecular flexibility index (Phi) is 8.36. The molecule has 0 spiro atoms. The van der Waals surface area contributed by atoms with Crippen LogP contribution >= 0.6 is 0 Å². The van der Waals surface area contributed by atoms with E-state index in [0.717, 1.165) is 6.42 Å². The topological polar surface area (TPSA) is 77.4 Å². The summed E-state index contributed by atoms with van der Waals surface area (Å²) >= 11 is 0. The average molecular weight is 316 g/mol. The highest BCUT2D eigenvalue weighted by Gasteiger charge is 2.41. The second-order valence-electron chi connectivity index (χ2n) is 5.73. The van der Waals surface area contributed by atoms with Crippen LogP contribution in [0.25, 0.3) is 0 Å². The number of fused-ring (bicyclic) bond motifs is 2. The van der Waals surface area contributed by atoms with Crippen molar-refractivity contribution in [3.05, 3.63) is 12.2 Å². The Bertz CT molecular complexity index is 308. The molecule has 0 saturated heterocycles. The average Bonchev–Trinajstić information content (AvgIpc) is 3.15. The largest absolute Gasteiger partial charge is 0.394 e. The Labute approximate surface area is 132 Å². The molecule has 0 aliphatic heterocycles. The number of ether oxygens (including phenoxy) is 4. The van der Waals surface area contributed by atoms with Crippen LogP contribution in [0.15, 0.2) is 12.2 Å². The summed E-state index contributed by atoms with van der Waals surface area (Å²) in [6.07, 6.45) is 6.66. The zero-order chi connectivity index (χ0) is 15.6. The maximum Gasteiger partial charge on any atom is 0.161 e. The normalized spacial score (nSPS) is 26.4. The van der Waals surface area contributed by atoms with Gasteiger partial charge in [-0.25, -0.2) is 0 Å². The van der Waals surface area contributed by atoms with Crippen molar-refractivity contribution >= 4 is 0 Å². The molecular formula is C16H28O6. The first-order valence-corrected chi connectivity index (χ1v) is 8.14. The minimum Gasteiger partial charge on any atom is -0.394 e. The van der Waals surface area contributed by atoms with Gasteiger partial charge in [0.2, 0.25) is 0 Å². The third kappa shape index (κ3) is 5.61. The fourth-order valence-corrected chi connectivity index (χ4v) is 3.21. The second-order valence-corrected chi connectivity index (χ2v) is 5.73. The van der Waals surface area contributed by atoms with Gasteiger partial charge in [-0.2, -0.15) is 0 Å². The molecule has 128 valence electrons. The molecule has 22 heavy (non-hydrogen) atoms. The van der Waals surface area contributed by atoms with Crippen LogP contribution in [0.5, 0.6) is 0 Å². The molecule has 3 atom stereocenters. The van der Waals surface area contributed by atoms with Crippen LogP contribution in [-0.2, 0) is 18.9 Å². The van der Waals surface area contributed by atoms with Crippen molar-refractivity contribution in [3.63, 3.8) is 0 Å². The van der Waals surface area contributed by atoms with Crippen LogP contribution in [0, 0.1) is 17.8 Å². The van der Waals surface area contributed by atoms with Gasteiger partial charge >= 0.3 is 0 Å². The first-order valence-electron chi connectivity index (χ1n) is 8.14. The zero-order valence-corrected chi connectivity index (χ0v) is 13.1. The van der Waals surface area contributed by atoms with Crippen LogP contribution in [-0.4, -0.2) is 69.4 Å². The summed E-state index contributed by atoms with van der Waals surface area (Å²) < 4.78 is 22.2.